The van der Waals surface area contributed by atoms with E-state index in [0.29, 0.717) is 12.0 Å². The van der Waals surface area contributed by atoms with Crippen LogP contribution < -0.4 is 10.1 Å². The van der Waals surface area contributed by atoms with Crippen molar-refractivity contribution in [2.45, 2.75) is 25.8 Å². The molecule has 1 aromatic carbocycles. The quantitative estimate of drug-likeness (QED) is 0.871. The van der Waals surface area contributed by atoms with Crippen molar-refractivity contribution in [3.63, 3.8) is 0 Å². The zero-order valence-electron chi connectivity index (χ0n) is 11.6. The lowest BCUT2D eigenvalue weighted by Gasteiger charge is -2.24. The summed E-state index contributed by atoms with van der Waals surface area (Å²) in [4.78, 5) is 0. The molecular formula is C15H22BrNO2. The van der Waals surface area contributed by atoms with E-state index in [4.69, 9.17) is 9.47 Å². The van der Waals surface area contributed by atoms with Crippen LogP contribution in [0.5, 0.6) is 5.75 Å². The molecule has 2 rings (SSSR count). The first-order chi connectivity index (χ1) is 9.24. The summed E-state index contributed by atoms with van der Waals surface area (Å²) < 4.78 is 12.1. The van der Waals surface area contributed by atoms with Gasteiger partial charge in [0.25, 0.3) is 0 Å². The van der Waals surface area contributed by atoms with Crippen LogP contribution in [0.3, 0.4) is 0 Å². The standard InChI is InChI=1S/C15H22BrNO2/c1-3-17-14(11-6-7-19-10-11)9-12-8-13(16)4-5-15(12)18-2/h4-5,8,11,14,17H,3,6-7,9-10H2,1-2H3. The Morgan fingerprint density at radius 2 is 2.37 bits per heavy atom. The number of hydrogen-bond acceptors (Lipinski definition) is 3. The summed E-state index contributed by atoms with van der Waals surface area (Å²) in [5, 5.41) is 3.59. The van der Waals surface area contributed by atoms with Crippen molar-refractivity contribution in [3.8, 4) is 5.75 Å². The third-order valence-electron chi connectivity index (χ3n) is 3.68. The molecule has 0 spiro atoms. The second-order valence-electron chi connectivity index (χ2n) is 4.95. The maximum Gasteiger partial charge on any atom is 0.122 e. The van der Waals surface area contributed by atoms with Gasteiger partial charge < -0.3 is 14.8 Å². The molecule has 19 heavy (non-hydrogen) atoms. The Hall–Kier alpha value is -0.580. The van der Waals surface area contributed by atoms with Crippen molar-refractivity contribution in [2.75, 3.05) is 26.9 Å². The smallest absolute Gasteiger partial charge is 0.122 e. The van der Waals surface area contributed by atoms with Gasteiger partial charge in [-0.05, 0) is 43.1 Å². The number of rotatable bonds is 6. The number of halogens is 1. The molecule has 1 aliphatic rings. The minimum atomic E-state index is 0.454. The van der Waals surface area contributed by atoms with E-state index in [0.717, 1.165) is 42.8 Å². The van der Waals surface area contributed by atoms with Crippen LogP contribution in [0.15, 0.2) is 22.7 Å². The van der Waals surface area contributed by atoms with Crippen LogP contribution in [0, 0.1) is 5.92 Å². The number of benzene rings is 1. The molecule has 3 nitrogen and oxygen atoms in total. The van der Waals surface area contributed by atoms with Gasteiger partial charge in [-0.3, -0.25) is 0 Å². The summed E-state index contributed by atoms with van der Waals surface area (Å²) in [5.41, 5.74) is 1.25. The van der Waals surface area contributed by atoms with Crippen LogP contribution in [0.25, 0.3) is 0 Å². The van der Waals surface area contributed by atoms with Gasteiger partial charge in [-0.1, -0.05) is 22.9 Å². The number of nitrogens with one attached hydrogen (secondary N) is 1. The summed E-state index contributed by atoms with van der Waals surface area (Å²) >= 11 is 3.54. The fourth-order valence-corrected chi connectivity index (χ4v) is 3.09. The molecule has 0 radical (unpaired) electrons. The van der Waals surface area contributed by atoms with Crippen molar-refractivity contribution < 1.29 is 9.47 Å². The average molecular weight is 328 g/mol. The third-order valence-corrected chi connectivity index (χ3v) is 4.18. The normalized spacial score (nSPS) is 20.5. The number of methoxy groups -OCH3 is 1. The van der Waals surface area contributed by atoms with E-state index in [1.165, 1.54) is 5.56 Å². The van der Waals surface area contributed by atoms with Gasteiger partial charge in [0, 0.05) is 23.0 Å². The van der Waals surface area contributed by atoms with Gasteiger partial charge in [0.05, 0.1) is 13.7 Å². The predicted molar refractivity (Wildman–Crippen MR) is 80.8 cm³/mol. The van der Waals surface area contributed by atoms with Gasteiger partial charge >= 0.3 is 0 Å². The number of ether oxygens (including phenoxy) is 2. The Balaban J connectivity index is 2.13. The Kier molecular flexibility index (Phi) is 5.67. The van der Waals surface area contributed by atoms with E-state index in [1.807, 2.05) is 12.1 Å². The molecule has 1 N–H and O–H groups in total. The molecule has 0 amide bonds. The number of hydrogen-bond donors (Lipinski definition) is 1. The highest BCUT2D eigenvalue weighted by Gasteiger charge is 2.26. The van der Waals surface area contributed by atoms with Crippen molar-refractivity contribution >= 4 is 15.9 Å². The summed E-state index contributed by atoms with van der Waals surface area (Å²) in [6.45, 7) is 4.90. The van der Waals surface area contributed by atoms with Crippen LogP contribution in [-0.4, -0.2) is 32.9 Å². The van der Waals surface area contributed by atoms with E-state index in [2.05, 4.69) is 34.2 Å². The second-order valence-corrected chi connectivity index (χ2v) is 5.86. The highest BCUT2D eigenvalue weighted by Crippen LogP contribution is 2.27. The van der Waals surface area contributed by atoms with Crippen molar-refractivity contribution in [1.29, 1.82) is 0 Å². The average Bonchev–Trinajstić information content (AvgIpc) is 2.92. The Labute approximate surface area is 123 Å². The van der Waals surface area contributed by atoms with Crippen LogP contribution >= 0.6 is 15.9 Å². The van der Waals surface area contributed by atoms with E-state index in [9.17, 15) is 0 Å². The Bertz CT molecular complexity index is 405. The SMILES string of the molecule is CCNC(Cc1cc(Br)ccc1OC)C1CCOC1. The molecule has 1 aliphatic heterocycles. The molecule has 1 heterocycles. The molecule has 1 aromatic rings. The maximum atomic E-state index is 5.52. The molecule has 0 bridgehead atoms. The minimum absolute atomic E-state index is 0.454. The van der Waals surface area contributed by atoms with E-state index >= 15 is 0 Å². The van der Waals surface area contributed by atoms with Crippen molar-refractivity contribution in [2.24, 2.45) is 5.92 Å². The molecule has 106 valence electrons. The van der Waals surface area contributed by atoms with Gasteiger partial charge in [0.1, 0.15) is 5.75 Å². The molecule has 4 heteroatoms. The lowest BCUT2D eigenvalue weighted by atomic mass is 9.92. The monoisotopic (exact) mass is 327 g/mol. The molecule has 0 aliphatic carbocycles. The third kappa shape index (κ3) is 3.94. The van der Waals surface area contributed by atoms with Gasteiger partial charge in [-0.25, -0.2) is 0 Å². The molecule has 1 fully saturated rings. The minimum Gasteiger partial charge on any atom is -0.496 e. The maximum absolute atomic E-state index is 5.52. The first-order valence-electron chi connectivity index (χ1n) is 6.88. The van der Waals surface area contributed by atoms with E-state index in [-0.39, 0.29) is 0 Å². The lowest BCUT2D eigenvalue weighted by molar-refractivity contribution is 0.176. The topological polar surface area (TPSA) is 30.5 Å². The Morgan fingerprint density at radius 3 is 3.00 bits per heavy atom. The van der Waals surface area contributed by atoms with Crippen LogP contribution in [0.2, 0.25) is 0 Å². The van der Waals surface area contributed by atoms with Crippen LogP contribution in [-0.2, 0) is 11.2 Å². The van der Waals surface area contributed by atoms with Gasteiger partial charge in [-0.2, -0.15) is 0 Å². The summed E-state index contributed by atoms with van der Waals surface area (Å²) in [6.07, 6.45) is 2.12. The number of likely N-dealkylation sites (N-methyl/N-ethyl adjacent to an activating group) is 1. The first kappa shape index (κ1) is 14.8. The summed E-state index contributed by atoms with van der Waals surface area (Å²) in [5.74, 6) is 1.56. The second kappa shape index (κ2) is 7.27. The highest BCUT2D eigenvalue weighted by atomic mass is 79.9. The molecule has 1 saturated heterocycles. The lowest BCUT2D eigenvalue weighted by Crippen LogP contribution is -2.38. The van der Waals surface area contributed by atoms with Gasteiger partial charge in [0.2, 0.25) is 0 Å². The molecule has 0 saturated carbocycles. The molecule has 0 aromatic heterocycles. The van der Waals surface area contributed by atoms with E-state index in [1.54, 1.807) is 7.11 Å². The molecule has 2 unspecified atom stereocenters. The summed E-state index contributed by atoms with van der Waals surface area (Å²) in [7, 11) is 1.73. The van der Waals surface area contributed by atoms with Crippen molar-refractivity contribution in [3.05, 3.63) is 28.2 Å². The highest BCUT2D eigenvalue weighted by molar-refractivity contribution is 9.10. The Morgan fingerprint density at radius 1 is 1.53 bits per heavy atom. The largest absolute Gasteiger partial charge is 0.496 e. The van der Waals surface area contributed by atoms with Crippen LogP contribution in [0.4, 0.5) is 0 Å². The van der Waals surface area contributed by atoms with Crippen molar-refractivity contribution in [1.82, 2.24) is 5.32 Å². The fraction of sp³-hybridized carbons (Fsp3) is 0.600. The zero-order valence-corrected chi connectivity index (χ0v) is 13.2. The van der Waals surface area contributed by atoms with Gasteiger partial charge in [0.15, 0.2) is 0 Å². The summed E-state index contributed by atoms with van der Waals surface area (Å²) in [6, 6.07) is 6.64. The zero-order chi connectivity index (χ0) is 13.7. The van der Waals surface area contributed by atoms with Crippen LogP contribution in [0.1, 0.15) is 18.9 Å². The predicted octanol–water partition coefficient (Wildman–Crippen LogP) is 3.01. The van der Waals surface area contributed by atoms with Gasteiger partial charge in [-0.15, -0.1) is 0 Å². The molecule has 2 atom stereocenters. The first-order valence-corrected chi connectivity index (χ1v) is 7.67. The van der Waals surface area contributed by atoms with E-state index < -0.39 is 0 Å². The fourth-order valence-electron chi connectivity index (χ4n) is 2.68. The molecular weight excluding hydrogens is 306 g/mol.